The highest BCUT2D eigenvalue weighted by Crippen LogP contribution is 2.59. The van der Waals surface area contributed by atoms with Crippen LogP contribution in [0.25, 0.3) is 21.9 Å². The average molecular weight is 385 g/mol. The number of esters is 1. The van der Waals surface area contributed by atoms with E-state index in [2.05, 4.69) is 60.7 Å². The van der Waals surface area contributed by atoms with Crippen molar-refractivity contribution in [3.8, 4) is 11.1 Å². The van der Waals surface area contributed by atoms with Gasteiger partial charge in [0.1, 0.15) is 0 Å². The molecule has 0 amide bonds. The second-order valence-corrected chi connectivity index (χ2v) is 9.61. The Morgan fingerprint density at radius 2 is 1.59 bits per heavy atom. The Morgan fingerprint density at radius 3 is 2.34 bits per heavy atom. The smallest absolute Gasteiger partial charge is 0.312 e. The summed E-state index contributed by atoms with van der Waals surface area (Å²) in [5, 5.41) is 2.41. The van der Waals surface area contributed by atoms with Gasteiger partial charge in [0.2, 0.25) is 0 Å². The quantitative estimate of drug-likeness (QED) is 0.452. The maximum Gasteiger partial charge on any atom is 0.312 e. The molecule has 0 saturated heterocycles. The molecule has 2 aliphatic carbocycles. The summed E-state index contributed by atoms with van der Waals surface area (Å²) in [5.41, 5.74) is 3.54. The molecular formula is C27H28O2. The molecule has 3 aromatic carbocycles. The van der Waals surface area contributed by atoms with Crippen LogP contribution in [0.2, 0.25) is 0 Å². The maximum absolute atomic E-state index is 13.3. The van der Waals surface area contributed by atoms with Crippen molar-refractivity contribution >= 4 is 16.7 Å². The van der Waals surface area contributed by atoms with E-state index in [4.69, 9.17) is 4.74 Å². The van der Waals surface area contributed by atoms with E-state index >= 15 is 0 Å². The highest BCUT2D eigenvalue weighted by atomic mass is 16.6. The number of fused-ring (bicyclic) bond motifs is 5. The third kappa shape index (κ3) is 2.65. The first-order valence-corrected chi connectivity index (χ1v) is 10.8. The van der Waals surface area contributed by atoms with Gasteiger partial charge in [-0.2, -0.15) is 0 Å². The molecule has 0 aromatic heterocycles. The molecule has 2 aliphatic rings. The zero-order chi connectivity index (χ0) is 20.2. The summed E-state index contributed by atoms with van der Waals surface area (Å²) in [5.74, 6) is 0.182. The molecule has 1 unspecified atom stereocenters. The summed E-state index contributed by atoms with van der Waals surface area (Å²) in [7, 11) is 0. The number of benzene rings is 3. The van der Waals surface area contributed by atoms with Gasteiger partial charge in [0.25, 0.3) is 0 Å². The van der Waals surface area contributed by atoms with Gasteiger partial charge in [-0.05, 0) is 55.5 Å². The Morgan fingerprint density at radius 1 is 0.897 bits per heavy atom. The fourth-order valence-corrected chi connectivity index (χ4v) is 5.32. The minimum absolute atomic E-state index is 0.125. The number of ether oxygens (including phenoxy) is 1. The lowest BCUT2D eigenvalue weighted by Crippen LogP contribution is -2.41. The van der Waals surface area contributed by atoms with Gasteiger partial charge >= 0.3 is 5.97 Å². The van der Waals surface area contributed by atoms with Gasteiger partial charge in [0.05, 0.1) is 5.41 Å². The van der Waals surface area contributed by atoms with Crippen molar-refractivity contribution in [2.24, 2.45) is 11.3 Å². The SMILES string of the molecule is CC(C)(C)C(=O)OC1(C2CCCC2)c2ccccc2-c2ccc3ccccc3c21. The fraction of sp³-hybridized carbons (Fsp3) is 0.370. The van der Waals surface area contributed by atoms with Crippen LogP contribution in [-0.4, -0.2) is 5.97 Å². The van der Waals surface area contributed by atoms with Gasteiger partial charge in [0, 0.05) is 17.0 Å². The van der Waals surface area contributed by atoms with Crippen molar-refractivity contribution in [2.45, 2.75) is 52.1 Å². The highest BCUT2D eigenvalue weighted by Gasteiger charge is 2.54. The molecule has 5 rings (SSSR count). The number of rotatable bonds is 2. The van der Waals surface area contributed by atoms with Crippen LogP contribution in [-0.2, 0) is 15.1 Å². The molecule has 148 valence electrons. The first-order chi connectivity index (χ1) is 13.9. The molecule has 0 aliphatic heterocycles. The second-order valence-electron chi connectivity index (χ2n) is 9.61. The lowest BCUT2D eigenvalue weighted by Gasteiger charge is -2.39. The summed E-state index contributed by atoms with van der Waals surface area (Å²) in [4.78, 5) is 13.3. The van der Waals surface area contributed by atoms with Crippen LogP contribution in [0.5, 0.6) is 0 Å². The summed E-state index contributed by atoms with van der Waals surface area (Å²) in [6, 6.07) is 21.5. The van der Waals surface area contributed by atoms with Crippen LogP contribution in [0, 0.1) is 11.3 Å². The minimum atomic E-state index is -0.701. The Bertz CT molecular complexity index is 1100. The number of hydrogen-bond acceptors (Lipinski definition) is 2. The highest BCUT2D eigenvalue weighted by molar-refractivity contribution is 5.98. The van der Waals surface area contributed by atoms with Crippen molar-refractivity contribution in [3.63, 3.8) is 0 Å². The van der Waals surface area contributed by atoms with Gasteiger partial charge < -0.3 is 4.74 Å². The summed E-state index contributed by atoms with van der Waals surface area (Å²) < 4.78 is 6.67. The normalized spacial score (nSPS) is 21.2. The van der Waals surface area contributed by atoms with E-state index in [1.807, 2.05) is 20.8 Å². The molecule has 2 heteroatoms. The predicted molar refractivity (Wildman–Crippen MR) is 118 cm³/mol. The van der Waals surface area contributed by atoms with Crippen molar-refractivity contribution in [1.82, 2.24) is 0 Å². The van der Waals surface area contributed by atoms with Gasteiger partial charge in [-0.1, -0.05) is 73.5 Å². The average Bonchev–Trinajstić information content (AvgIpc) is 3.34. The van der Waals surface area contributed by atoms with Gasteiger partial charge in [-0.3, -0.25) is 4.79 Å². The van der Waals surface area contributed by atoms with Crippen LogP contribution < -0.4 is 0 Å². The first kappa shape index (κ1) is 18.4. The van der Waals surface area contributed by atoms with Crippen LogP contribution >= 0.6 is 0 Å². The standard InChI is InChI=1S/C27H28O2/c1-26(2,3)25(28)29-27(19-11-5-6-12-19)23-15-9-8-14-21(23)22-17-16-18-10-4-7-13-20(18)24(22)27/h4,7-10,13-17,19H,5-6,11-12H2,1-3H3. The fourth-order valence-electron chi connectivity index (χ4n) is 5.32. The van der Waals surface area contributed by atoms with Crippen molar-refractivity contribution in [2.75, 3.05) is 0 Å². The van der Waals surface area contributed by atoms with E-state index in [-0.39, 0.29) is 5.97 Å². The molecular weight excluding hydrogens is 356 g/mol. The van der Waals surface area contributed by atoms with E-state index < -0.39 is 11.0 Å². The molecule has 0 N–H and O–H groups in total. The van der Waals surface area contributed by atoms with Crippen LogP contribution in [0.1, 0.15) is 57.6 Å². The Hall–Kier alpha value is -2.61. The van der Waals surface area contributed by atoms with Gasteiger partial charge in [-0.15, -0.1) is 0 Å². The number of hydrogen-bond donors (Lipinski definition) is 0. The molecule has 0 heterocycles. The minimum Gasteiger partial charge on any atom is -0.448 e. The maximum atomic E-state index is 13.3. The van der Waals surface area contributed by atoms with Crippen molar-refractivity contribution in [1.29, 1.82) is 0 Å². The van der Waals surface area contributed by atoms with E-state index in [1.165, 1.54) is 40.3 Å². The van der Waals surface area contributed by atoms with Crippen molar-refractivity contribution < 1.29 is 9.53 Å². The van der Waals surface area contributed by atoms with Crippen LogP contribution in [0.15, 0.2) is 60.7 Å². The zero-order valence-electron chi connectivity index (χ0n) is 17.5. The van der Waals surface area contributed by atoms with E-state index in [0.29, 0.717) is 5.92 Å². The second kappa shape index (κ2) is 6.45. The molecule has 0 bridgehead atoms. The molecule has 3 aromatic rings. The van der Waals surface area contributed by atoms with Gasteiger partial charge in [-0.25, -0.2) is 0 Å². The molecule has 1 atom stereocenters. The molecule has 0 spiro atoms. The molecule has 0 radical (unpaired) electrons. The summed E-state index contributed by atoms with van der Waals surface area (Å²) in [6.07, 6.45) is 4.58. The lowest BCUT2D eigenvalue weighted by molar-refractivity contribution is -0.171. The van der Waals surface area contributed by atoms with Crippen molar-refractivity contribution in [3.05, 3.63) is 71.8 Å². The van der Waals surface area contributed by atoms with Crippen LogP contribution in [0.4, 0.5) is 0 Å². The predicted octanol–water partition coefficient (Wildman–Crippen LogP) is 6.84. The monoisotopic (exact) mass is 384 g/mol. The Balaban J connectivity index is 1.86. The summed E-state index contributed by atoms with van der Waals surface area (Å²) in [6.45, 7) is 5.84. The third-order valence-corrected chi connectivity index (χ3v) is 6.71. The first-order valence-electron chi connectivity index (χ1n) is 10.8. The van der Waals surface area contributed by atoms with E-state index in [0.717, 1.165) is 18.4 Å². The third-order valence-electron chi connectivity index (χ3n) is 6.71. The summed E-state index contributed by atoms with van der Waals surface area (Å²) >= 11 is 0. The zero-order valence-corrected chi connectivity index (χ0v) is 17.5. The molecule has 29 heavy (non-hydrogen) atoms. The Labute approximate surface area is 172 Å². The largest absolute Gasteiger partial charge is 0.448 e. The topological polar surface area (TPSA) is 26.3 Å². The Kier molecular flexibility index (Phi) is 4.10. The lowest BCUT2D eigenvalue weighted by atomic mass is 9.76. The van der Waals surface area contributed by atoms with Gasteiger partial charge in [0.15, 0.2) is 5.60 Å². The number of carbonyl (C=O) groups is 1. The molecule has 1 fully saturated rings. The molecule has 2 nitrogen and oxygen atoms in total. The number of carbonyl (C=O) groups excluding carboxylic acids is 1. The molecule has 1 saturated carbocycles. The van der Waals surface area contributed by atoms with Crippen LogP contribution in [0.3, 0.4) is 0 Å². The van der Waals surface area contributed by atoms with E-state index in [9.17, 15) is 4.79 Å². The van der Waals surface area contributed by atoms with E-state index in [1.54, 1.807) is 0 Å².